The monoisotopic (exact) mass is 308 g/mol. The smallest absolute Gasteiger partial charge is 0.330 e. The molecule has 0 amide bonds. The van der Waals surface area contributed by atoms with Gasteiger partial charge in [-0.15, -0.1) is 12.4 Å². The summed E-state index contributed by atoms with van der Waals surface area (Å²) in [5.74, 6) is 0.511. The maximum absolute atomic E-state index is 12.5. The second-order valence-electron chi connectivity index (χ2n) is 5.18. The summed E-state index contributed by atoms with van der Waals surface area (Å²) in [7, 11) is 0. The highest BCUT2D eigenvalue weighted by atomic mass is 35.5. The van der Waals surface area contributed by atoms with Gasteiger partial charge in [-0.3, -0.25) is 4.90 Å². The minimum Gasteiger partial charge on any atom is -0.330 e. The van der Waals surface area contributed by atoms with Crippen molar-refractivity contribution in [1.29, 1.82) is 0 Å². The lowest BCUT2D eigenvalue weighted by molar-refractivity contribution is -0.137. The summed E-state index contributed by atoms with van der Waals surface area (Å²) in [5, 5.41) is 0. The van der Waals surface area contributed by atoms with Crippen molar-refractivity contribution >= 4 is 12.4 Å². The van der Waals surface area contributed by atoms with Crippen molar-refractivity contribution in [3.63, 3.8) is 0 Å². The first-order valence-electron chi connectivity index (χ1n) is 6.53. The van der Waals surface area contributed by atoms with Crippen molar-refractivity contribution in [1.82, 2.24) is 4.90 Å². The molecule has 0 aliphatic carbocycles. The van der Waals surface area contributed by atoms with Gasteiger partial charge in [0.05, 0.1) is 5.56 Å². The molecule has 1 heterocycles. The first-order chi connectivity index (χ1) is 8.91. The Hall–Kier alpha value is -0.780. The third kappa shape index (κ3) is 3.87. The molecule has 1 saturated heterocycles. The highest BCUT2D eigenvalue weighted by Crippen LogP contribution is 2.32. The molecule has 2 nitrogen and oxygen atoms in total. The highest BCUT2D eigenvalue weighted by molar-refractivity contribution is 5.85. The molecular formula is C14H20ClF3N2. The van der Waals surface area contributed by atoms with Gasteiger partial charge in [-0.05, 0) is 50.0 Å². The van der Waals surface area contributed by atoms with Crippen molar-refractivity contribution in [2.45, 2.75) is 25.6 Å². The predicted octanol–water partition coefficient (Wildman–Crippen LogP) is 3.47. The van der Waals surface area contributed by atoms with Gasteiger partial charge in [0.15, 0.2) is 0 Å². The van der Waals surface area contributed by atoms with Crippen LogP contribution < -0.4 is 5.73 Å². The predicted molar refractivity (Wildman–Crippen MR) is 75.8 cm³/mol. The number of alkyl halides is 3. The van der Waals surface area contributed by atoms with Crippen LogP contribution in [0, 0.1) is 5.92 Å². The molecular weight excluding hydrogens is 289 g/mol. The van der Waals surface area contributed by atoms with Crippen LogP contribution in [-0.2, 0) is 6.18 Å². The summed E-state index contributed by atoms with van der Waals surface area (Å²) >= 11 is 0. The fourth-order valence-electron chi connectivity index (χ4n) is 2.57. The second-order valence-corrected chi connectivity index (χ2v) is 5.18. The summed E-state index contributed by atoms with van der Waals surface area (Å²) in [6.07, 6.45) is -3.19. The van der Waals surface area contributed by atoms with E-state index in [1.54, 1.807) is 12.1 Å². The molecule has 0 aromatic heterocycles. The number of hydrogen-bond acceptors (Lipinski definition) is 2. The van der Waals surface area contributed by atoms with Crippen molar-refractivity contribution in [3.8, 4) is 0 Å². The van der Waals surface area contributed by atoms with Crippen LogP contribution in [0.3, 0.4) is 0 Å². The topological polar surface area (TPSA) is 29.3 Å². The van der Waals surface area contributed by atoms with E-state index in [1.165, 1.54) is 0 Å². The number of likely N-dealkylation sites (tertiary alicyclic amines) is 1. The van der Waals surface area contributed by atoms with E-state index in [4.69, 9.17) is 5.73 Å². The number of rotatable bonds is 3. The van der Waals surface area contributed by atoms with E-state index in [2.05, 4.69) is 4.90 Å². The van der Waals surface area contributed by atoms with Gasteiger partial charge >= 0.3 is 6.18 Å². The van der Waals surface area contributed by atoms with Gasteiger partial charge in [-0.1, -0.05) is 12.1 Å². The van der Waals surface area contributed by atoms with Crippen LogP contribution >= 0.6 is 12.4 Å². The molecule has 1 aromatic carbocycles. The Balaban J connectivity index is 0.00000200. The maximum atomic E-state index is 12.5. The third-order valence-electron chi connectivity index (χ3n) is 3.92. The Morgan fingerprint density at radius 3 is 2.35 bits per heavy atom. The first-order valence-corrected chi connectivity index (χ1v) is 6.53. The van der Waals surface area contributed by atoms with E-state index < -0.39 is 11.7 Å². The zero-order valence-electron chi connectivity index (χ0n) is 11.4. The van der Waals surface area contributed by atoms with Crippen LogP contribution in [0.4, 0.5) is 13.2 Å². The number of halogens is 4. The SMILES string of the molecule is CC(c1ccc(C(F)(F)F)cc1)N1CCC(CN)C1.Cl. The number of nitrogens with two attached hydrogens (primary N) is 1. The van der Waals surface area contributed by atoms with E-state index in [1.807, 2.05) is 6.92 Å². The second kappa shape index (κ2) is 6.78. The van der Waals surface area contributed by atoms with Gasteiger partial charge in [0.25, 0.3) is 0 Å². The minimum atomic E-state index is -4.26. The van der Waals surface area contributed by atoms with Crippen LogP contribution in [0.15, 0.2) is 24.3 Å². The molecule has 0 saturated carbocycles. The standard InChI is InChI=1S/C14H19F3N2.ClH/c1-10(19-7-6-11(8-18)9-19)12-2-4-13(5-3-12)14(15,16)17;/h2-5,10-11H,6-9,18H2,1H3;1H. The van der Waals surface area contributed by atoms with E-state index in [0.29, 0.717) is 12.5 Å². The van der Waals surface area contributed by atoms with Crippen LogP contribution in [0.5, 0.6) is 0 Å². The summed E-state index contributed by atoms with van der Waals surface area (Å²) < 4.78 is 37.5. The van der Waals surface area contributed by atoms with Gasteiger partial charge in [-0.2, -0.15) is 13.2 Å². The molecule has 2 N–H and O–H groups in total. The van der Waals surface area contributed by atoms with Gasteiger partial charge in [0.2, 0.25) is 0 Å². The van der Waals surface area contributed by atoms with Gasteiger partial charge in [0.1, 0.15) is 0 Å². The Kier molecular flexibility index (Phi) is 5.86. The summed E-state index contributed by atoms with van der Waals surface area (Å²) in [6.45, 7) is 4.60. The molecule has 2 rings (SSSR count). The van der Waals surface area contributed by atoms with E-state index in [0.717, 1.165) is 37.2 Å². The molecule has 6 heteroatoms. The summed E-state index contributed by atoms with van der Waals surface area (Å²) in [5.41, 5.74) is 5.98. The molecule has 0 spiro atoms. The molecule has 2 atom stereocenters. The molecule has 1 aliphatic rings. The molecule has 114 valence electrons. The lowest BCUT2D eigenvalue weighted by Crippen LogP contribution is -2.26. The highest BCUT2D eigenvalue weighted by Gasteiger charge is 2.31. The Morgan fingerprint density at radius 2 is 1.90 bits per heavy atom. The number of hydrogen-bond donors (Lipinski definition) is 1. The Bertz CT molecular complexity index is 419. The molecule has 0 bridgehead atoms. The van der Waals surface area contributed by atoms with E-state index >= 15 is 0 Å². The first kappa shape index (κ1) is 17.3. The van der Waals surface area contributed by atoms with Crippen LogP contribution in [0.2, 0.25) is 0 Å². The largest absolute Gasteiger partial charge is 0.416 e. The molecule has 1 fully saturated rings. The van der Waals surface area contributed by atoms with Crippen LogP contribution in [0.1, 0.15) is 30.5 Å². The quantitative estimate of drug-likeness (QED) is 0.926. The van der Waals surface area contributed by atoms with E-state index in [-0.39, 0.29) is 18.4 Å². The fraction of sp³-hybridized carbons (Fsp3) is 0.571. The van der Waals surface area contributed by atoms with Crippen molar-refractivity contribution in [2.75, 3.05) is 19.6 Å². The van der Waals surface area contributed by atoms with Crippen molar-refractivity contribution < 1.29 is 13.2 Å². The summed E-state index contributed by atoms with van der Waals surface area (Å²) in [6, 6.07) is 5.59. The zero-order chi connectivity index (χ0) is 14.0. The van der Waals surface area contributed by atoms with Crippen LogP contribution in [0.25, 0.3) is 0 Å². The Labute approximate surface area is 123 Å². The molecule has 1 aliphatic heterocycles. The lowest BCUT2D eigenvalue weighted by Gasteiger charge is -2.25. The average molecular weight is 309 g/mol. The average Bonchev–Trinajstić information content (AvgIpc) is 2.86. The Morgan fingerprint density at radius 1 is 1.30 bits per heavy atom. The van der Waals surface area contributed by atoms with Gasteiger partial charge in [-0.25, -0.2) is 0 Å². The molecule has 0 radical (unpaired) electrons. The molecule has 2 unspecified atom stereocenters. The van der Waals surface area contributed by atoms with E-state index in [9.17, 15) is 13.2 Å². The lowest BCUT2D eigenvalue weighted by atomic mass is 10.0. The van der Waals surface area contributed by atoms with Gasteiger partial charge in [0, 0.05) is 12.6 Å². The molecule has 1 aromatic rings. The van der Waals surface area contributed by atoms with Crippen molar-refractivity contribution in [2.24, 2.45) is 11.7 Å². The zero-order valence-corrected chi connectivity index (χ0v) is 12.2. The summed E-state index contributed by atoms with van der Waals surface area (Å²) in [4.78, 5) is 2.28. The normalized spacial score (nSPS) is 21.6. The third-order valence-corrected chi connectivity index (χ3v) is 3.92. The number of benzene rings is 1. The molecule has 20 heavy (non-hydrogen) atoms. The number of nitrogens with zero attached hydrogens (tertiary/aromatic N) is 1. The fourth-order valence-corrected chi connectivity index (χ4v) is 2.57. The van der Waals surface area contributed by atoms with Crippen LogP contribution in [-0.4, -0.2) is 24.5 Å². The maximum Gasteiger partial charge on any atom is 0.416 e. The minimum absolute atomic E-state index is 0. The van der Waals surface area contributed by atoms with Crippen molar-refractivity contribution in [3.05, 3.63) is 35.4 Å². The van der Waals surface area contributed by atoms with Gasteiger partial charge < -0.3 is 5.73 Å².